The predicted molar refractivity (Wildman–Crippen MR) is 96.8 cm³/mol. The number of nitrogens with zero attached hydrogens (tertiary/aromatic N) is 2. The number of imidazole rings is 1. The Morgan fingerprint density at radius 2 is 2.04 bits per heavy atom. The highest BCUT2D eigenvalue weighted by atomic mass is 19.1. The first-order valence-corrected chi connectivity index (χ1v) is 8.71. The molecule has 0 saturated carbocycles. The second kappa shape index (κ2) is 6.81. The van der Waals surface area contributed by atoms with Crippen molar-refractivity contribution >= 4 is 0 Å². The van der Waals surface area contributed by atoms with Crippen molar-refractivity contribution in [2.45, 2.75) is 32.4 Å². The van der Waals surface area contributed by atoms with Crippen LogP contribution in [0, 0.1) is 12.7 Å². The Morgan fingerprint density at radius 1 is 1.20 bits per heavy atom. The van der Waals surface area contributed by atoms with Crippen LogP contribution in [0.2, 0.25) is 0 Å². The van der Waals surface area contributed by atoms with Crippen molar-refractivity contribution in [3.05, 3.63) is 66.2 Å². The van der Waals surface area contributed by atoms with E-state index in [1.54, 1.807) is 6.07 Å². The van der Waals surface area contributed by atoms with Crippen LogP contribution in [0.3, 0.4) is 0 Å². The van der Waals surface area contributed by atoms with E-state index in [1.807, 2.05) is 37.5 Å². The normalized spacial score (nSPS) is 17.1. The third-order valence-electron chi connectivity index (χ3n) is 4.75. The lowest BCUT2D eigenvalue weighted by molar-refractivity contribution is 0.0973. The molecule has 2 aromatic carbocycles. The van der Waals surface area contributed by atoms with Gasteiger partial charge in [-0.25, -0.2) is 9.37 Å². The molecule has 0 aliphatic carbocycles. The topological polar surface area (TPSA) is 27.1 Å². The third-order valence-corrected chi connectivity index (χ3v) is 4.75. The molecule has 128 valence electrons. The summed E-state index contributed by atoms with van der Waals surface area (Å²) in [6, 6.07) is 15.1. The Balaban J connectivity index is 1.83. The highest BCUT2D eigenvalue weighted by Crippen LogP contribution is 2.34. The maximum absolute atomic E-state index is 13.6. The Hall–Kier alpha value is -2.46. The van der Waals surface area contributed by atoms with Gasteiger partial charge in [-0.05, 0) is 43.5 Å². The minimum absolute atomic E-state index is 0.215. The Kier molecular flexibility index (Phi) is 4.36. The molecule has 1 atom stereocenters. The molecule has 3 nitrogen and oxygen atoms in total. The number of hydrogen-bond acceptors (Lipinski definition) is 2. The van der Waals surface area contributed by atoms with Crippen molar-refractivity contribution in [3.8, 4) is 22.5 Å². The molecule has 2 heterocycles. The standard InChI is InChI=1S/C21H21FN2O/c1-15-12-17(22)9-10-19(15)21-20(16-6-3-2-4-7-16)23-14-24(21)13-18-8-5-11-25-18/h2-4,6-7,9-10,12,14,18H,5,8,11,13H2,1H3/t18-/m1/s1. The van der Waals surface area contributed by atoms with E-state index in [1.165, 1.54) is 6.07 Å². The molecule has 25 heavy (non-hydrogen) atoms. The van der Waals surface area contributed by atoms with Crippen molar-refractivity contribution < 1.29 is 9.13 Å². The molecule has 1 aromatic heterocycles. The molecule has 0 bridgehead atoms. The van der Waals surface area contributed by atoms with Crippen LogP contribution < -0.4 is 0 Å². The lowest BCUT2D eigenvalue weighted by Crippen LogP contribution is -2.15. The number of halogens is 1. The van der Waals surface area contributed by atoms with Gasteiger partial charge in [0.1, 0.15) is 5.82 Å². The monoisotopic (exact) mass is 336 g/mol. The molecule has 3 aromatic rings. The number of rotatable bonds is 4. The van der Waals surface area contributed by atoms with E-state index in [0.29, 0.717) is 0 Å². The van der Waals surface area contributed by atoms with Crippen molar-refractivity contribution in [1.82, 2.24) is 9.55 Å². The summed E-state index contributed by atoms with van der Waals surface area (Å²) in [7, 11) is 0. The summed E-state index contributed by atoms with van der Waals surface area (Å²) >= 11 is 0. The van der Waals surface area contributed by atoms with Crippen molar-refractivity contribution in [2.75, 3.05) is 6.61 Å². The smallest absolute Gasteiger partial charge is 0.123 e. The Bertz CT molecular complexity index is 867. The molecule has 0 amide bonds. The van der Waals surface area contributed by atoms with E-state index in [4.69, 9.17) is 4.74 Å². The number of benzene rings is 2. The fourth-order valence-electron chi connectivity index (χ4n) is 3.51. The second-order valence-corrected chi connectivity index (χ2v) is 6.55. The van der Waals surface area contributed by atoms with E-state index >= 15 is 0 Å². The molecule has 1 aliphatic rings. The van der Waals surface area contributed by atoms with Crippen LogP contribution in [-0.4, -0.2) is 22.3 Å². The van der Waals surface area contributed by atoms with E-state index in [-0.39, 0.29) is 11.9 Å². The highest BCUT2D eigenvalue weighted by Gasteiger charge is 2.21. The van der Waals surface area contributed by atoms with Crippen LogP contribution in [0.1, 0.15) is 18.4 Å². The zero-order chi connectivity index (χ0) is 17.2. The number of ether oxygens (including phenoxy) is 1. The molecular formula is C21H21FN2O. The summed E-state index contributed by atoms with van der Waals surface area (Å²) in [4.78, 5) is 4.68. The molecule has 1 aliphatic heterocycles. The summed E-state index contributed by atoms with van der Waals surface area (Å²) in [5, 5.41) is 0. The predicted octanol–water partition coefficient (Wildman–Crippen LogP) is 4.84. The maximum Gasteiger partial charge on any atom is 0.123 e. The lowest BCUT2D eigenvalue weighted by atomic mass is 10.0. The van der Waals surface area contributed by atoms with Crippen molar-refractivity contribution in [1.29, 1.82) is 0 Å². The van der Waals surface area contributed by atoms with Crippen LogP contribution in [0.5, 0.6) is 0 Å². The van der Waals surface area contributed by atoms with Gasteiger partial charge in [0, 0.05) is 17.7 Å². The summed E-state index contributed by atoms with van der Waals surface area (Å²) < 4.78 is 21.6. The second-order valence-electron chi connectivity index (χ2n) is 6.55. The fraction of sp³-hybridized carbons (Fsp3) is 0.286. The van der Waals surface area contributed by atoms with Crippen LogP contribution in [0.15, 0.2) is 54.9 Å². The van der Waals surface area contributed by atoms with Gasteiger partial charge in [-0.3, -0.25) is 0 Å². The largest absolute Gasteiger partial charge is 0.376 e. The van der Waals surface area contributed by atoms with Gasteiger partial charge in [0.2, 0.25) is 0 Å². The third kappa shape index (κ3) is 3.22. The highest BCUT2D eigenvalue weighted by molar-refractivity contribution is 5.80. The quantitative estimate of drug-likeness (QED) is 0.681. The summed E-state index contributed by atoms with van der Waals surface area (Å²) in [6.07, 6.45) is 4.27. The van der Waals surface area contributed by atoms with Crippen LogP contribution >= 0.6 is 0 Å². The first kappa shape index (κ1) is 16.0. The molecule has 4 heteroatoms. The van der Waals surface area contributed by atoms with Gasteiger partial charge in [-0.1, -0.05) is 30.3 Å². The van der Waals surface area contributed by atoms with E-state index in [9.17, 15) is 4.39 Å². The van der Waals surface area contributed by atoms with Gasteiger partial charge in [0.05, 0.1) is 30.4 Å². The number of aromatic nitrogens is 2. The Morgan fingerprint density at radius 3 is 2.76 bits per heavy atom. The zero-order valence-corrected chi connectivity index (χ0v) is 14.3. The SMILES string of the molecule is Cc1cc(F)ccc1-c1c(-c2ccccc2)ncn1C[C@H]1CCCO1. The molecule has 0 spiro atoms. The van der Waals surface area contributed by atoms with Crippen LogP contribution in [0.4, 0.5) is 4.39 Å². The fourth-order valence-corrected chi connectivity index (χ4v) is 3.51. The van der Waals surface area contributed by atoms with Gasteiger partial charge in [-0.15, -0.1) is 0 Å². The van der Waals surface area contributed by atoms with Crippen LogP contribution in [0.25, 0.3) is 22.5 Å². The minimum Gasteiger partial charge on any atom is -0.376 e. The van der Waals surface area contributed by atoms with Gasteiger partial charge < -0.3 is 9.30 Å². The van der Waals surface area contributed by atoms with Crippen molar-refractivity contribution in [3.63, 3.8) is 0 Å². The summed E-state index contributed by atoms with van der Waals surface area (Å²) in [6.45, 7) is 3.54. The Labute approximate surface area is 147 Å². The summed E-state index contributed by atoms with van der Waals surface area (Å²) in [5.74, 6) is -0.215. The average Bonchev–Trinajstić information content (AvgIpc) is 3.26. The maximum atomic E-state index is 13.6. The molecule has 4 rings (SSSR count). The van der Waals surface area contributed by atoms with Gasteiger partial charge in [0.15, 0.2) is 0 Å². The molecule has 1 saturated heterocycles. The molecular weight excluding hydrogens is 315 g/mol. The van der Waals surface area contributed by atoms with Crippen molar-refractivity contribution in [2.24, 2.45) is 0 Å². The van der Waals surface area contributed by atoms with Gasteiger partial charge >= 0.3 is 0 Å². The molecule has 0 N–H and O–H groups in total. The summed E-state index contributed by atoms with van der Waals surface area (Å²) in [5.41, 5.74) is 4.93. The first-order chi connectivity index (χ1) is 12.2. The van der Waals surface area contributed by atoms with E-state index < -0.39 is 0 Å². The zero-order valence-electron chi connectivity index (χ0n) is 14.3. The van der Waals surface area contributed by atoms with Crippen LogP contribution in [-0.2, 0) is 11.3 Å². The molecule has 0 unspecified atom stereocenters. The number of aryl methyl sites for hydroxylation is 1. The lowest BCUT2D eigenvalue weighted by Gasteiger charge is -2.16. The average molecular weight is 336 g/mol. The van der Waals surface area contributed by atoms with Gasteiger partial charge in [-0.2, -0.15) is 0 Å². The molecule has 1 fully saturated rings. The number of hydrogen-bond donors (Lipinski definition) is 0. The molecule has 0 radical (unpaired) electrons. The minimum atomic E-state index is -0.215. The van der Waals surface area contributed by atoms with E-state index in [2.05, 4.69) is 21.7 Å². The van der Waals surface area contributed by atoms with E-state index in [0.717, 1.165) is 54.1 Å². The first-order valence-electron chi connectivity index (χ1n) is 8.71. The van der Waals surface area contributed by atoms with Gasteiger partial charge in [0.25, 0.3) is 0 Å².